The van der Waals surface area contributed by atoms with Gasteiger partial charge in [0.05, 0.1) is 0 Å². The van der Waals surface area contributed by atoms with Crippen LogP contribution >= 0.6 is 23.5 Å². The molecule has 1 aromatic rings. The second-order valence-electron chi connectivity index (χ2n) is 2.37. The molecule has 12 heavy (non-hydrogen) atoms. The summed E-state index contributed by atoms with van der Waals surface area (Å²) in [5, 5.41) is 0. The van der Waals surface area contributed by atoms with Gasteiger partial charge in [-0.1, -0.05) is 29.5 Å². The summed E-state index contributed by atoms with van der Waals surface area (Å²) in [5.74, 6) is 0. The smallest absolute Gasteiger partial charge is 0.250 e. The maximum absolute atomic E-state index is 11.0. The maximum Gasteiger partial charge on any atom is 0.250 e. The highest BCUT2D eigenvalue weighted by Gasteiger charge is 2.00. The second kappa shape index (κ2) is 4.58. The van der Waals surface area contributed by atoms with Crippen molar-refractivity contribution >= 4 is 28.0 Å². The zero-order valence-corrected chi connectivity index (χ0v) is 8.67. The summed E-state index contributed by atoms with van der Waals surface area (Å²) in [6, 6.07) is 7.95. The lowest BCUT2D eigenvalue weighted by atomic mass is 10.2. The van der Waals surface area contributed by atoms with Crippen molar-refractivity contribution in [1.82, 2.24) is 0 Å². The molecule has 3 heteroatoms. The quantitative estimate of drug-likeness (QED) is 0.642. The summed E-state index contributed by atoms with van der Waals surface area (Å²) in [6.45, 7) is 2.03. The number of aryl methyl sites for hydroxylation is 1. The monoisotopic (exact) mass is 198 g/mol. The SMILES string of the molecule is CSC(=O)Sc1ccc(C)cc1. The molecule has 0 aliphatic rings. The largest absolute Gasteiger partial charge is 0.274 e. The van der Waals surface area contributed by atoms with Crippen molar-refractivity contribution in [2.24, 2.45) is 0 Å². The number of benzene rings is 1. The van der Waals surface area contributed by atoms with Crippen LogP contribution in [0.1, 0.15) is 5.56 Å². The van der Waals surface area contributed by atoms with E-state index in [4.69, 9.17) is 0 Å². The standard InChI is InChI=1S/C9H10OS2/c1-7-3-5-8(6-4-7)12-9(10)11-2/h3-6H,1-2H3. The molecule has 1 aromatic carbocycles. The van der Waals surface area contributed by atoms with E-state index in [-0.39, 0.29) is 4.45 Å². The first-order valence-corrected chi connectivity index (χ1v) is 5.59. The molecule has 0 saturated heterocycles. The topological polar surface area (TPSA) is 17.1 Å². The Kier molecular flexibility index (Phi) is 3.69. The molecule has 1 nitrogen and oxygen atoms in total. The van der Waals surface area contributed by atoms with Crippen LogP contribution in [0.4, 0.5) is 4.79 Å². The van der Waals surface area contributed by atoms with Crippen LogP contribution in [0, 0.1) is 6.92 Å². The van der Waals surface area contributed by atoms with Gasteiger partial charge >= 0.3 is 0 Å². The Morgan fingerprint density at radius 1 is 1.25 bits per heavy atom. The number of carbonyl (C=O) groups is 1. The van der Waals surface area contributed by atoms with Crippen molar-refractivity contribution in [3.8, 4) is 0 Å². The molecule has 0 unspecified atom stereocenters. The molecule has 0 atom stereocenters. The van der Waals surface area contributed by atoms with E-state index in [0.29, 0.717) is 0 Å². The summed E-state index contributed by atoms with van der Waals surface area (Å²) >= 11 is 2.52. The Morgan fingerprint density at radius 2 is 1.83 bits per heavy atom. The van der Waals surface area contributed by atoms with Crippen LogP contribution < -0.4 is 0 Å². The van der Waals surface area contributed by atoms with Crippen LogP contribution in [0.3, 0.4) is 0 Å². The molecule has 0 radical (unpaired) electrons. The van der Waals surface area contributed by atoms with Crippen molar-refractivity contribution in [3.05, 3.63) is 29.8 Å². The summed E-state index contributed by atoms with van der Waals surface area (Å²) in [6.07, 6.45) is 1.80. The first-order valence-electron chi connectivity index (χ1n) is 3.55. The number of carbonyl (C=O) groups excluding carboxylic acids is 1. The maximum atomic E-state index is 11.0. The predicted octanol–water partition coefficient (Wildman–Crippen LogP) is 3.57. The molecule has 0 heterocycles. The van der Waals surface area contributed by atoms with Crippen LogP contribution in [0.5, 0.6) is 0 Å². The fourth-order valence-corrected chi connectivity index (χ4v) is 1.83. The predicted molar refractivity (Wildman–Crippen MR) is 55.9 cm³/mol. The van der Waals surface area contributed by atoms with Gasteiger partial charge in [0.1, 0.15) is 0 Å². The van der Waals surface area contributed by atoms with Gasteiger partial charge < -0.3 is 0 Å². The number of hydrogen-bond donors (Lipinski definition) is 0. The minimum atomic E-state index is 0.138. The number of rotatable bonds is 1. The van der Waals surface area contributed by atoms with Gasteiger partial charge in [-0.2, -0.15) is 0 Å². The van der Waals surface area contributed by atoms with Crippen molar-refractivity contribution < 1.29 is 4.79 Å². The number of thioether (sulfide) groups is 2. The van der Waals surface area contributed by atoms with Crippen molar-refractivity contribution in [2.45, 2.75) is 11.8 Å². The Hall–Kier alpha value is -0.410. The Morgan fingerprint density at radius 3 is 2.33 bits per heavy atom. The van der Waals surface area contributed by atoms with Crippen LogP contribution in [0.15, 0.2) is 29.2 Å². The lowest BCUT2D eigenvalue weighted by molar-refractivity contribution is 0.276. The number of hydrogen-bond acceptors (Lipinski definition) is 3. The fourth-order valence-electron chi connectivity index (χ4n) is 0.744. The van der Waals surface area contributed by atoms with E-state index in [2.05, 4.69) is 0 Å². The van der Waals surface area contributed by atoms with E-state index in [1.54, 1.807) is 6.26 Å². The highest BCUT2D eigenvalue weighted by Crippen LogP contribution is 2.24. The second-order valence-corrected chi connectivity index (χ2v) is 4.45. The van der Waals surface area contributed by atoms with E-state index in [0.717, 1.165) is 4.90 Å². The molecule has 0 amide bonds. The lowest BCUT2D eigenvalue weighted by Gasteiger charge is -1.97. The van der Waals surface area contributed by atoms with E-state index < -0.39 is 0 Å². The van der Waals surface area contributed by atoms with E-state index in [1.165, 1.54) is 29.1 Å². The van der Waals surface area contributed by atoms with Crippen molar-refractivity contribution in [1.29, 1.82) is 0 Å². The van der Waals surface area contributed by atoms with Crippen molar-refractivity contribution in [2.75, 3.05) is 6.26 Å². The molecule has 64 valence electrons. The van der Waals surface area contributed by atoms with E-state index >= 15 is 0 Å². The Balaban J connectivity index is 2.64. The molecular weight excluding hydrogens is 188 g/mol. The molecule has 0 aliphatic carbocycles. The first-order chi connectivity index (χ1) is 5.72. The third kappa shape index (κ3) is 2.91. The lowest BCUT2D eigenvalue weighted by Crippen LogP contribution is -1.79. The highest BCUT2D eigenvalue weighted by molar-refractivity contribution is 8.38. The molecule has 0 aliphatic heterocycles. The minimum absolute atomic E-state index is 0.138. The Bertz CT molecular complexity index is 266. The molecule has 1 rings (SSSR count). The van der Waals surface area contributed by atoms with Gasteiger partial charge in [-0.3, -0.25) is 4.79 Å². The van der Waals surface area contributed by atoms with Gasteiger partial charge in [0.15, 0.2) is 0 Å². The third-order valence-corrected chi connectivity index (χ3v) is 3.15. The van der Waals surface area contributed by atoms with Gasteiger partial charge in [0, 0.05) is 4.90 Å². The zero-order valence-electron chi connectivity index (χ0n) is 7.03. The van der Waals surface area contributed by atoms with Crippen LogP contribution in [-0.4, -0.2) is 10.7 Å². The average molecular weight is 198 g/mol. The third-order valence-electron chi connectivity index (χ3n) is 1.39. The van der Waals surface area contributed by atoms with E-state index in [1.807, 2.05) is 31.2 Å². The van der Waals surface area contributed by atoms with Crippen molar-refractivity contribution in [3.63, 3.8) is 0 Å². The minimum Gasteiger partial charge on any atom is -0.274 e. The van der Waals surface area contributed by atoms with Gasteiger partial charge in [-0.15, -0.1) is 0 Å². The highest BCUT2D eigenvalue weighted by atomic mass is 32.2. The van der Waals surface area contributed by atoms with Crippen LogP contribution in [0.2, 0.25) is 0 Å². The Labute approximate surface area is 80.9 Å². The first kappa shape index (κ1) is 9.68. The normalized spacial score (nSPS) is 9.83. The molecule has 0 N–H and O–H groups in total. The molecule has 0 bridgehead atoms. The molecular formula is C9H10OS2. The van der Waals surface area contributed by atoms with Gasteiger partial charge in [0.2, 0.25) is 0 Å². The molecule has 0 aromatic heterocycles. The van der Waals surface area contributed by atoms with Crippen LogP contribution in [-0.2, 0) is 0 Å². The summed E-state index contributed by atoms with van der Waals surface area (Å²) in [7, 11) is 0. The molecule has 0 fully saturated rings. The van der Waals surface area contributed by atoms with E-state index in [9.17, 15) is 4.79 Å². The molecule has 0 saturated carbocycles. The van der Waals surface area contributed by atoms with Crippen LogP contribution in [0.25, 0.3) is 0 Å². The molecule has 0 spiro atoms. The fraction of sp³-hybridized carbons (Fsp3) is 0.222. The van der Waals surface area contributed by atoms with Gasteiger partial charge in [0.25, 0.3) is 4.45 Å². The zero-order chi connectivity index (χ0) is 8.97. The average Bonchev–Trinajstić information content (AvgIpc) is 2.09. The van der Waals surface area contributed by atoms with Gasteiger partial charge in [-0.25, -0.2) is 0 Å². The van der Waals surface area contributed by atoms with Gasteiger partial charge in [-0.05, 0) is 37.1 Å². The summed E-state index contributed by atoms with van der Waals surface area (Å²) in [5.41, 5.74) is 1.22. The summed E-state index contributed by atoms with van der Waals surface area (Å²) < 4.78 is 0.138. The summed E-state index contributed by atoms with van der Waals surface area (Å²) in [4.78, 5) is 12.0.